The molecule has 0 radical (unpaired) electrons. The van der Waals surface area contributed by atoms with Gasteiger partial charge in [-0.2, -0.15) is 0 Å². The number of hydrogen-bond donors (Lipinski definition) is 2. The van der Waals surface area contributed by atoms with Crippen molar-refractivity contribution in [2.24, 2.45) is 17.6 Å². The Hall–Kier alpha value is -1.36. The molecule has 1 fully saturated rings. The smallest absolute Gasteiger partial charge is 0.229 e. The fourth-order valence-electron chi connectivity index (χ4n) is 2.76. The average Bonchev–Trinajstić information content (AvgIpc) is 2.85. The molecule has 2 amide bonds. The van der Waals surface area contributed by atoms with Crippen molar-refractivity contribution in [1.82, 2.24) is 10.2 Å². The Morgan fingerprint density at radius 2 is 1.90 bits per heavy atom. The highest BCUT2D eigenvalue weighted by atomic mass is 16.2. The van der Waals surface area contributed by atoms with Crippen molar-refractivity contribution in [1.29, 1.82) is 0 Å². The third-order valence-corrected chi connectivity index (χ3v) is 4.11. The quantitative estimate of drug-likeness (QED) is 0.745. The van der Waals surface area contributed by atoms with Gasteiger partial charge in [0.2, 0.25) is 11.8 Å². The number of rotatable bonds is 3. The van der Waals surface area contributed by atoms with Crippen molar-refractivity contribution in [3.63, 3.8) is 0 Å². The minimum Gasteiger partial charge on any atom is -0.353 e. The normalized spacial score (nSPS) is 27.1. The topological polar surface area (TPSA) is 75.4 Å². The molecule has 112 valence electrons. The molecule has 1 aliphatic carbocycles. The molecule has 1 heterocycles. The van der Waals surface area contributed by atoms with Crippen molar-refractivity contribution in [2.75, 3.05) is 13.1 Å². The predicted molar refractivity (Wildman–Crippen MR) is 77.8 cm³/mol. The van der Waals surface area contributed by atoms with Crippen LogP contribution in [0.5, 0.6) is 0 Å². The van der Waals surface area contributed by atoms with Gasteiger partial charge in [0.05, 0.1) is 5.92 Å². The highest BCUT2D eigenvalue weighted by molar-refractivity contribution is 5.81. The van der Waals surface area contributed by atoms with Gasteiger partial charge in [-0.25, -0.2) is 0 Å². The first-order valence-electron chi connectivity index (χ1n) is 7.50. The molecule has 1 aliphatic heterocycles. The molecule has 0 saturated carbocycles. The maximum atomic E-state index is 12.3. The summed E-state index contributed by atoms with van der Waals surface area (Å²) in [5.41, 5.74) is 5.79. The van der Waals surface area contributed by atoms with Gasteiger partial charge in [-0.05, 0) is 19.3 Å². The Bertz CT molecular complexity index is 398. The summed E-state index contributed by atoms with van der Waals surface area (Å²) in [6.07, 6.45) is 6.25. The molecule has 0 bridgehead atoms. The van der Waals surface area contributed by atoms with Crippen LogP contribution in [0.25, 0.3) is 0 Å². The number of piperidine rings is 1. The Balaban J connectivity index is 1.78. The second-order valence-electron chi connectivity index (χ2n) is 6.15. The first kappa shape index (κ1) is 15.0. The molecule has 20 heavy (non-hydrogen) atoms. The Morgan fingerprint density at radius 1 is 1.25 bits per heavy atom. The molecular formula is C15H25N3O2. The zero-order chi connectivity index (χ0) is 14.7. The van der Waals surface area contributed by atoms with E-state index in [1.165, 1.54) is 0 Å². The van der Waals surface area contributed by atoms with Crippen molar-refractivity contribution < 1.29 is 9.59 Å². The standard InChI is InChI=1S/C15H25N3O2/c1-10(2)14(19)17-13-5-7-18(8-6-13)15(20)11-3-4-12(16)9-11/h3-4,10-13H,5-9,16H2,1-2H3,(H,17,19). The lowest BCUT2D eigenvalue weighted by Gasteiger charge is -2.34. The molecular weight excluding hydrogens is 254 g/mol. The van der Waals surface area contributed by atoms with E-state index in [9.17, 15) is 9.59 Å². The van der Waals surface area contributed by atoms with Gasteiger partial charge in [0, 0.05) is 31.1 Å². The number of hydrogen-bond acceptors (Lipinski definition) is 3. The summed E-state index contributed by atoms with van der Waals surface area (Å²) in [7, 11) is 0. The van der Waals surface area contributed by atoms with Gasteiger partial charge >= 0.3 is 0 Å². The average molecular weight is 279 g/mol. The van der Waals surface area contributed by atoms with Gasteiger partial charge < -0.3 is 16.0 Å². The van der Waals surface area contributed by atoms with E-state index in [0.29, 0.717) is 0 Å². The first-order chi connectivity index (χ1) is 9.47. The largest absolute Gasteiger partial charge is 0.353 e. The van der Waals surface area contributed by atoms with E-state index in [0.717, 1.165) is 32.4 Å². The summed E-state index contributed by atoms with van der Waals surface area (Å²) < 4.78 is 0. The molecule has 0 spiro atoms. The monoisotopic (exact) mass is 279 g/mol. The zero-order valence-electron chi connectivity index (χ0n) is 12.3. The van der Waals surface area contributed by atoms with Crippen LogP contribution in [0, 0.1) is 11.8 Å². The molecule has 5 heteroatoms. The lowest BCUT2D eigenvalue weighted by atomic mass is 10.0. The maximum Gasteiger partial charge on any atom is 0.229 e. The first-order valence-corrected chi connectivity index (χ1v) is 7.50. The minimum absolute atomic E-state index is 0.0137. The van der Waals surface area contributed by atoms with Crippen molar-refractivity contribution in [2.45, 2.75) is 45.2 Å². The lowest BCUT2D eigenvalue weighted by molar-refractivity contribution is -0.135. The van der Waals surface area contributed by atoms with E-state index >= 15 is 0 Å². The second-order valence-corrected chi connectivity index (χ2v) is 6.15. The van der Waals surface area contributed by atoms with Crippen LogP contribution in [0.15, 0.2) is 12.2 Å². The van der Waals surface area contributed by atoms with Gasteiger partial charge in [0.25, 0.3) is 0 Å². The van der Waals surface area contributed by atoms with E-state index < -0.39 is 0 Å². The van der Waals surface area contributed by atoms with Crippen molar-refractivity contribution in [3.8, 4) is 0 Å². The summed E-state index contributed by atoms with van der Waals surface area (Å²) in [6.45, 7) is 5.23. The van der Waals surface area contributed by atoms with E-state index in [1.807, 2.05) is 30.9 Å². The number of nitrogens with two attached hydrogens (primary N) is 1. The van der Waals surface area contributed by atoms with Crippen LogP contribution in [0.2, 0.25) is 0 Å². The van der Waals surface area contributed by atoms with E-state index in [1.54, 1.807) is 0 Å². The molecule has 0 aromatic carbocycles. The fourth-order valence-corrected chi connectivity index (χ4v) is 2.76. The molecule has 2 rings (SSSR count). The third kappa shape index (κ3) is 3.60. The maximum absolute atomic E-state index is 12.3. The molecule has 2 aliphatic rings. The van der Waals surface area contributed by atoms with Crippen LogP contribution in [-0.2, 0) is 9.59 Å². The molecule has 5 nitrogen and oxygen atoms in total. The van der Waals surface area contributed by atoms with E-state index in [4.69, 9.17) is 5.73 Å². The number of nitrogens with one attached hydrogen (secondary N) is 1. The lowest BCUT2D eigenvalue weighted by Crippen LogP contribution is -2.48. The van der Waals surface area contributed by atoms with Gasteiger partial charge in [-0.1, -0.05) is 26.0 Å². The van der Waals surface area contributed by atoms with Crippen LogP contribution in [0.1, 0.15) is 33.1 Å². The zero-order valence-corrected chi connectivity index (χ0v) is 12.3. The van der Waals surface area contributed by atoms with Gasteiger partial charge in [0.15, 0.2) is 0 Å². The molecule has 0 aromatic heterocycles. The molecule has 3 N–H and O–H groups in total. The minimum atomic E-state index is -0.0493. The molecule has 2 atom stereocenters. The van der Waals surface area contributed by atoms with Crippen LogP contribution < -0.4 is 11.1 Å². The SMILES string of the molecule is CC(C)C(=O)NC1CCN(C(=O)C2C=CC(N)C2)CC1. The number of amides is 2. The third-order valence-electron chi connectivity index (χ3n) is 4.11. The predicted octanol–water partition coefficient (Wildman–Crippen LogP) is 0.653. The molecule has 1 saturated heterocycles. The van der Waals surface area contributed by atoms with Crippen molar-refractivity contribution in [3.05, 3.63) is 12.2 Å². The van der Waals surface area contributed by atoms with E-state index in [2.05, 4.69) is 5.32 Å². The van der Waals surface area contributed by atoms with Crippen molar-refractivity contribution >= 4 is 11.8 Å². The van der Waals surface area contributed by atoms with Crippen LogP contribution >= 0.6 is 0 Å². The number of carbonyl (C=O) groups is 2. The number of carbonyl (C=O) groups excluding carboxylic acids is 2. The van der Waals surface area contributed by atoms with Crippen LogP contribution in [-0.4, -0.2) is 41.9 Å². The van der Waals surface area contributed by atoms with Crippen LogP contribution in [0.3, 0.4) is 0 Å². The summed E-state index contributed by atoms with van der Waals surface area (Å²) in [5.74, 6) is 0.244. The fraction of sp³-hybridized carbons (Fsp3) is 0.733. The number of nitrogens with zero attached hydrogens (tertiary/aromatic N) is 1. The highest BCUT2D eigenvalue weighted by Crippen LogP contribution is 2.21. The highest BCUT2D eigenvalue weighted by Gasteiger charge is 2.30. The number of likely N-dealkylation sites (tertiary alicyclic amines) is 1. The Labute approximate surface area is 120 Å². The Kier molecular flexibility index (Phi) is 4.81. The van der Waals surface area contributed by atoms with E-state index in [-0.39, 0.29) is 35.7 Å². The van der Waals surface area contributed by atoms with Gasteiger partial charge in [-0.3, -0.25) is 9.59 Å². The summed E-state index contributed by atoms with van der Waals surface area (Å²) >= 11 is 0. The summed E-state index contributed by atoms with van der Waals surface area (Å²) in [6, 6.07) is 0.224. The molecule has 2 unspecified atom stereocenters. The van der Waals surface area contributed by atoms with Crippen LogP contribution in [0.4, 0.5) is 0 Å². The molecule has 0 aromatic rings. The summed E-state index contributed by atoms with van der Waals surface area (Å²) in [5, 5.41) is 3.04. The Morgan fingerprint density at radius 3 is 2.40 bits per heavy atom. The second kappa shape index (κ2) is 6.39. The summed E-state index contributed by atoms with van der Waals surface area (Å²) in [4.78, 5) is 25.9. The van der Waals surface area contributed by atoms with Gasteiger partial charge in [0.1, 0.15) is 0 Å². The van der Waals surface area contributed by atoms with Gasteiger partial charge in [-0.15, -0.1) is 0 Å².